The lowest BCUT2D eigenvalue weighted by Crippen LogP contribution is -2.31. The van der Waals surface area contributed by atoms with E-state index in [0.717, 1.165) is 5.56 Å². The summed E-state index contributed by atoms with van der Waals surface area (Å²) < 4.78 is 12.2. The van der Waals surface area contributed by atoms with E-state index < -0.39 is 11.2 Å². The molecule has 2 aromatic rings. The summed E-state index contributed by atoms with van der Waals surface area (Å²) in [4.78, 5) is 25.0. The summed E-state index contributed by atoms with van der Waals surface area (Å²) in [6.07, 6.45) is 0. The van der Waals surface area contributed by atoms with Crippen molar-refractivity contribution in [2.24, 2.45) is 0 Å². The van der Waals surface area contributed by atoms with Gasteiger partial charge in [0.1, 0.15) is 19.0 Å². The summed E-state index contributed by atoms with van der Waals surface area (Å²) in [6, 6.07) is 6.59. The van der Waals surface area contributed by atoms with E-state index in [1.165, 1.54) is 10.6 Å². The fourth-order valence-corrected chi connectivity index (χ4v) is 2.07. The number of benzene rings is 1. The van der Waals surface area contributed by atoms with Crippen LogP contribution in [0.5, 0.6) is 11.5 Å². The molecule has 0 radical (unpaired) electrons. The number of nitrogen functional groups attached to an aromatic ring is 1. The molecule has 0 spiro atoms. The number of aromatic amines is 1. The van der Waals surface area contributed by atoms with Crippen LogP contribution in [-0.4, -0.2) is 22.8 Å². The molecule has 3 N–H and O–H groups in total. The molecule has 0 saturated carbocycles. The minimum absolute atomic E-state index is 0.119. The average molecular weight is 275 g/mol. The Kier molecular flexibility index (Phi) is 2.94. The molecule has 1 aliphatic heterocycles. The first-order valence-electron chi connectivity index (χ1n) is 6.11. The van der Waals surface area contributed by atoms with Gasteiger partial charge in [0.25, 0.3) is 5.56 Å². The van der Waals surface area contributed by atoms with E-state index in [9.17, 15) is 9.59 Å². The Bertz CT molecular complexity index is 763. The van der Waals surface area contributed by atoms with Crippen LogP contribution in [0.2, 0.25) is 0 Å². The average Bonchev–Trinajstić information content (AvgIpc) is 2.42. The van der Waals surface area contributed by atoms with Crippen LogP contribution in [0.25, 0.3) is 0 Å². The van der Waals surface area contributed by atoms with Crippen LogP contribution in [0.4, 0.5) is 5.82 Å². The van der Waals surface area contributed by atoms with Crippen molar-refractivity contribution < 1.29 is 9.47 Å². The Labute approximate surface area is 113 Å². The standard InChI is InChI=1S/C13H13N3O4/c14-11-6-12(17)15-13(18)16(11)7-8-1-2-9-10(5-8)20-4-3-19-9/h1-2,5-6H,3-4,7,14H2,(H,15,17,18). The number of nitrogens with one attached hydrogen (secondary N) is 1. The van der Waals surface area contributed by atoms with Gasteiger partial charge < -0.3 is 15.2 Å². The number of anilines is 1. The van der Waals surface area contributed by atoms with Gasteiger partial charge in [-0.1, -0.05) is 6.07 Å². The zero-order chi connectivity index (χ0) is 14.1. The van der Waals surface area contributed by atoms with Crippen LogP contribution in [0, 0.1) is 0 Å². The molecule has 104 valence electrons. The minimum atomic E-state index is -0.537. The molecular formula is C13H13N3O4. The van der Waals surface area contributed by atoms with Crippen LogP contribution in [0.3, 0.4) is 0 Å². The number of ether oxygens (including phenoxy) is 2. The molecule has 0 saturated heterocycles. The van der Waals surface area contributed by atoms with Crippen molar-refractivity contribution in [2.45, 2.75) is 6.54 Å². The summed E-state index contributed by atoms with van der Waals surface area (Å²) in [5.74, 6) is 1.44. The Morgan fingerprint density at radius 2 is 1.90 bits per heavy atom. The number of hydrogen-bond acceptors (Lipinski definition) is 5. The Morgan fingerprint density at radius 3 is 2.65 bits per heavy atom. The monoisotopic (exact) mass is 275 g/mol. The first kappa shape index (κ1) is 12.3. The molecular weight excluding hydrogens is 262 g/mol. The number of rotatable bonds is 2. The molecule has 0 aliphatic carbocycles. The van der Waals surface area contributed by atoms with E-state index in [2.05, 4.69) is 4.98 Å². The van der Waals surface area contributed by atoms with E-state index in [0.29, 0.717) is 24.7 Å². The largest absolute Gasteiger partial charge is 0.486 e. The molecule has 1 aliphatic rings. The molecule has 2 heterocycles. The quantitative estimate of drug-likeness (QED) is 0.799. The third-order valence-corrected chi connectivity index (χ3v) is 3.01. The number of nitrogens with two attached hydrogens (primary N) is 1. The normalized spacial score (nSPS) is 13.2. The highest BCUT2D eigenvalue weighted by Gasteiger charge is 2.12. The molecule has 0 atom stereocenters. The molecule has 3 rings (SSSR count). The van der Waals surface area contributed by atoms with Gasteiger partial charge in [0.15, 0.2) is 11.5 Å². The van der Waals surface area contributed by atoms with Crippen molar-refractivity contribution in [1.82, 2.24) is 9.55 Å². The number of H-pyrrole nitrogens is 1. The zero-order valence-corrected chi connectivity index (χ0v) is 10.6. The number of fused-ring (bicyclic) bond motifs is 1. The zero-order valence-electron chi connectivity index (χ0n) is 10.6. The number of hydrogen-bond donors (Lipinski definition) is 2. The predicted octanol–water partition coefficient (Wildman–Crippen LogP) is -0.0617. The van der Waals surface area contributed by atoms with Crippen molar-refractivity contribution in [2.75, 3.05) is 18.9 Å². The third kappa shape index (κ3) is 2.25. The minimum Gasteiger partial charge on any atom is -0.486 e. The summed E-state index contributed by atoms with van der Waals surface area (Å²) in [5, 5.41) is 0. The van der Waals surface area contributed by atoms with E-state index in [4.69, 9.17) is 15.2 Å². The molecule has 7 nitrogen and oxygen atoms in total. The molecule has 20 heavy (non-hydrogen) atoms. The van der Waals surface area contributed by atoms with Crippen LogP contribution >= 0.6 is 0 Å². The second kappa shape index (κ2) is 4.76. The van der Waals surface area contributed by atoms with Crippen molar-refractivity contribution in [3.05, 3.63) is 50.7 Å². The number of nitrogens with zero attached hydrogens (tertiary/aromatic N) is 1. The van der Waals surface area contributed by atoms with Crippen LogP contribution < -0.4 is 26.5 Å². The molecule has 1 aromatic heterocycles. The SMILES string of the molecule is Nc1cc(=O)[nH]c(=O)n1Cc1ccc2c(c1)OCCO2. The van der Waals surface area contributed by atoms with E-state index in [1.807, 2.05) is 6.07 Å². The fourth-order valence-electron chi connectivity index (χ4n) is 2.07. The topological polar surface area (TPSA) is 99.3 Å². The third-order valence-electron chi connectivity index (χ3n) is 3.01. The highest BCUT2D eigenvalue weighted by Crippen LogP contribution is 2.30. The summed E-state index contributed by atoms with van der Waals surface area (Å²) >= 11 is 0. The van der Waals surface area contributed by atoms with Gasteiger partial charge in [-0.05, 0) is 17.7 Å². The molecule has 7 heteroatoms. The van der Waals surface area contributed by atoms with Crippen molar-refractivity contribution in [1.29, 1.82) is 0 Å². The van der Waals surface area contributed by atoms with Crippen LogP contribution in [0.1, 0.15) is 5.56 Å². The summed E-state index contributed by atoms with van der Waals surface area (Å²) in [7, 11) is 0. The second-order valence-electron chi connectivity index (χ2n) is 4.43. The molecule has 0 fully saturated rings. The van der Waals surface area contributed by atoms with Crippen molar-refractivity contribution in [3.63, 3.8) is 0 Å². The number of aromatic nitrogens is 2. The van der Waals surface area contributed by atoms with Gasteiger partial charge >= 0.3 is 5.69 Å². The summed E-state index contributed by atoms with van der Waals surface area (Å²) in [5.41, 5.74) is 5.48. The van der Waals surface area contributed by atoms with Crippen molar-refractivity contribution in [3.8, 4) is 11.5 Å². The van der Waals surface area contributed by atoms with Gasteiger partial charge in [-0.3, -0.25) is 14.3 Å². The second-order valence-corrected chi connectivity index (χ2v) is 4.43. The highest BCUT2D eigenvalue weighted by atomic mass is 16.6. The molecule has 0 amide bonds. The molecule has 0 bridgehead atoms. The van der Waals surface area contributed by atoms with Gasteiger partial charge in [-0.2, -0.15) is 0 Å². The Balaban J connectivity index is 1.96. The lowest BCUT2D eigenvalue weighted by atomic mass is 10.2. The maximum atomic E-state index is 11.7. The maximum absolute atomic E-state index is 11.7. The lowest BCUT2D eigenvalue weighted by molar-refractivity contribution is 0.171. The molecule has 0 unspecified atom stereocenters. The maximum Gasteiger partial charge on any atom is 0.330 e. The van der Waals surface area contributed by atoms with E-state index >= 15 is 0 Å². The van der Waals surface area contributed by atoms with Crippen LogP contribution in [0.15, 0.2) is 33.9 Å². The summed E-state index contributed by atoms with van der Waals surface area (Å²) in [6.45, 7) is 1.27. The smallest absolute Gasteiger partial charge is 0.330 e. The highest BCUT2D eigenvalue weighted by molar-refractivity contribution is 5.44. The predicted molar refractivity (Wildman–Crippen MR) is 72.3 cm³/mol. The van der Waals surface area contributed by atoms with Gasteiger partial charge in [0.05, 0.1) is 6.54 Å². The van der Waals surface area contributed by atoms with Gasteiger partial charge in [-0.25, -0.2) is 4.79 Å². The van der Waals surface area contributed by atoms with Gasteiger partial charge in [0.2, 0.25) is 0 Å². The Morgan fingerprint density at radius 1 is 1.15 bits per heavy atom. The first-order valence-corrected chi connectivity index (χ1v) is 6.11. The van der Waals surface area contributed by atoms with E-state index in [1.54, 1.807) is 12.1 Å². The molecule has 1 aromatic carbocycles. The van der Waals surface area contributed by atoms with Crippen LogP contribution in [-0.2, 0) is 6.54 Å². The Hall–Kier alpha value is -2.70. The fraction of sp³-hybridized carbons (Fsp3) is 0.231. The van der Waals surface area contributed by atoms with E-state index in [-0.39, 0.29) is 12.4 Å². The van der Waals surface area contributed by atoms with Gasteiger partial charge in [0, 0.05) is 6.07 Å². The lowest BCUT2D eigenvalue weighted by Gasteiger charge is -2.19. The van der Waals surface area contributed by atoms with Crippen molar-refractivity contribution >= 4 is 5.82 Å². The van der Waals surface area contributed by atoms with Gasteiger partial charge in [-0.15, -0.1) is 0 Å². The first-order chi connectivity index (χ1) is 9.63.